The van der Waals surface area contributed by atoms with Gasteiger partial charge in [0.15, 0.2) is 0 Å². The van der Waals surface area contributed by atoms with E-state index in [0.717, 1.165) is 24.2 Å². The second-order valence-electron chi connectivity index (χ2n) is 5.05. The van der Waals surface area contributed by atoms with E-state index in [9.17, 15) is 8.42 Å². The molecule has 5 nitrogen and oxygen atoms in total. The molecule has 2 rings (SSSR count). The monoisotopic (exact) mass is 310 g/mol. The van der Waals surface area contributed by atoms with Gasteiger partial charge in [-0.3, -0.25) is 0 Å². The van der Waals surface area contributed by atoms with Crippen LogP contribution in [0.1, 0.15) is 18.4 Å². The van der Waals surface area contributed by atoms with Crippen molar-refractivity contribution in [1.29, 1.82) is 0 Å². The van der Waals surface area contributed by atoms with E-state index >= 15 is 0 Å². The summed E-state index contributed by atoms with van der Waals surface area (Å²) in [5.74, 6) is 0.727. The van der Waals surface area contributed by atoms with E-state index in [2.05, 4.69) is 6.58 Å². The number of hydrogen-bond acceptors (Lipinski definition) is 3. The summed E-state index contributed by atoms with van der Waals surface area (Å²) < 4.78 is 33.5. The third-order valence-electron chi connectivity index (χ3n) is 3.54. The minimum atomic E-state index is -3.43. The molecule has 0 atom stereocenters. The number of methoxy groups -OCH3 is 1. The Morgan fingerprint density at radius 1 is 1.38 bits per heavy atom. The summed E-state index contributed by atoms with van der Waals surface area (Å²) >= 11 is 0. The van der Waals surface area contributed by atoms with Crippen LogP contribution in [-0.2, 0) is 16.8 Å². The van der Waals surface area contributed by atoms with Crippen LogP contribution in [0.3, 0.4) is 0 Å². The number of ether oxygens (including phenoxy) is 1. The first-order chi connectivity index (χ1) is 10.1. The predicted octanol–water partition coefficient (Wildman–Crippen LogP) is 2.02. The third-order valence-corrected chi connectivity index (χ3v) is 5.49. The lowest BCUT2D eigenvalue weighted by Crippen LogP contribution is -2.42. The first kappa shape index (κ1) is 16.0. The van der Waals surface area contributed by atoms with Gasteiger partial charge in [0.25, 0.3) is 10.2 Å². The predicted molar refractivity (Wildman–Crippen MR) is 83.3 cm³/mol. The summed E-state index contributed by atoms with van der Waals surface area (Å²) in [4.78, 5) is 0. The van der Waals surface area contributed by atoms with Crippen molar-refractivity contribution in [3.05, 3.63) is 42.5 Å². The Morgan fingerprint density at radius 2 is 2.10 bits per heavy atom. The van der Waals surface area contributed by atoms with E-state index in [1.165, 1.54) is 4.31 Å². The Kier molecular flexibility index (Phi) is 5.39. The van der Waals surface area contributed by atoms with Crippen molar-refractivity contribution in [2.45, 2.75) is 19.4 Å². The molecule has 1 aromatic carbocycles. The molecule has 1 saturated heterocycles. The first-order valence-corrected chi connectivity index (χ1v) is 8.46. The molecule has 1 heterocycles. The maximum atomic E-state index is 12.7. The van der Waals surface area contributed by atoms with Crippen molar-refractivity contribution in [1.82, 2.24) is 8.61 Å². The lowest BCUT2D eigenvalue weighted by atomic mass is 10.2. The Morgan fingerprint density at radius 3 is 2.71 bits per heavy atom. The van der Waals surface area contributed by atoms with Gasteiger partial charge in [-0.25, -0.2) is 0 Å². The van der Waals surface area contributed by atoms with E-state index in [0.29, 0.717) is 26.2 Å². The van der Waals surface area contributed by atoms with Crippen molar-refractivity contribution in [2.75, 3.05) is 26.7 Å². The van der Waals surface area contributed by atoms with Gasteiger partial charge in [0.05, 0.1) is 7.11 Å². The fourth-order valence-corrected chi connectivity index (χ4v) is 4.09. The number of hydrogen-bond donors (Lipinski definition) is 0. The van der Waals surface area contributed by atoms with E-state index in [1.54, 1.807) is 17.5 Å². The molecule has 0 aromatic heterocycles. The molecule has 0 spiro atoms. The molecule has 1 aliphatic heterocycles. The van der Waals surface area contributed by atoms with Gasteiger partial charge >= 0.3 is 0 Å². The molecule has 0 radical (unpaired) electrons. The van der Waals surface area contributed by atoms with E-state index < -0.39 is 10.2 Å². The van der Waals surface area contributed by atoms with Gasteiger partial charge in [-0.1, -0.05) is 18.2 Å². The standard InChI is InChI=1S/C15H22N2O3S/c1-3-9-17(21(18,19)16-10-4-5-11-16)13-14-7-6-8-15(12-14)20-2/h3,6-8,12H,1,4-5,9-11,13H2,2H3. The molecule has 0 bridgehead atoms. The van der Waals surface area contributed by atoms with Crippen LogP contribution >= 0.6 is 0 Å². The number of nitrogens with zero attached hydrogens (tertiary/aromatic N) is 2. The van der Waals surface area contributed by atoms with Gasteiger partial charge in [0.2, 0.25) is 0 Å². The van der Waals surface area contributed by atoms with Crippen molar-refractivity contribution >= 4 is 10.2 Å². The number of benzene rings is 1. The normalized spacial score (nSPS) is 16.3. The average Bonchev–Trinajstić information content (AvgIpc) is 3.02. The largest absolute Gasteiger partial charge is 0.497 e. The lowest BCUT2D eigenvalue weighted by Gasteiger charge is -2.26. The van der Waals surface area contributed by atoms with Gasteiger partial charge in [0, 0.05) is 26.2 Å². The minimum Gasteiger partial charge on any atom is -0.497 e. The van der Waals surface area contributed by atoms with Crippen LogP contribution in [0.2, 0.25) is 0 Å². The molecule has 21 heavy (non-hydrogen) atoms. The second kappa shape index (κ2) is 7.06. The Bertz CT molecular complexity index is 580. The Labute approximate surface area is 127 Å². The third kappa shape index (κ3) is 3.84. The van der Waals surface area contributed by atoms with Gasteiger partial charge in [-0.2, -0.15) is 17.0 Å². The van der Waals surface area contributed by atoms with Crippen LogP contribution < -0.4 is 4.74 Å². The SMILES string of the molecule is C=CCN(Cc1cccc(OC)c1)S(=O)(=O)N1CCCC1. The summed E-state index contributed by atoms with van der Waals surface area (Å²) in [6.07, 6.45) is 3.48. The molecule has 0 N–H and O–H groups in total. The smallest absolute Gasteiger partial charge is 0.282 e. The molecule has 1 aliphatic rings. The summed E-state index contributed by atoms with van der Waals surface area (Å²) in [5, 5.41) is 0. The first-order valence-electron chi connectivity index (χ1n) is 7.07. The van der Waals surface area contributed by atoms with Crippen LogP contribution in [0.15, 0.2) is 36.9 Å². The molecular weight excluding hydrogens is 288 g/mol. The fourth-order valence-electron chi connectivity index (χ4n) is 2.44. The van der Waals surface area contributed by atoms with Crippen LogP contribution in [0, 0.1) is 0 Å². The molecule has 1 fully saturated rings. The summed E-state index contributed by atoms with van der Waals surface area (Å²) in [6, 6.07) is 7.47. The number of rotatable bonds is 7. The molecule has 0 aliphatic carbocycles. The minimum absolute atomic E-state index is 0.302. The lowest BCUT2D eigenvalue weighted by molar-refractivity contribution is 0.373. The van der Waals surface area contributed by atoms with Gasteiger partial charge in [0.1, 0.15) is 5.75 Å². The zero-order valence-corrected chi connectivity index (χ0v) is 13.2. The average molecular weight is 310 g/mol. The highest BCUT2D eigenvalue weighted by Crippen LogP contribution is 2.20. The molecular formula is C15H22N2O3S. The van der Waals surface area contributed by atoms with Gasteiger partial charge < -0.3 is 4.74 Å². The van der Waals surface area contributed by atoms with Crippen molar-refractivity contribution in [3.63, 3.8) is 0 Å². The molecule has 0 unspecified atom stereocenters. The van der Waals surface area contributed by atoms with Crippen LogP contribution in [0.25, 0.3) is 0 Å². The highest BCUT2D eigenvalue weighted by molar-refractivity contribution is 7.86. The van der Waals surface area contributed by atoms with Crippen LogP contribution in [0.4, 0.5) is 0 Å². The van der Waals surface area contributed by atoms with Gasteiger partial charge in [-0.15, -0.1) is 6.58 Å². The highest BCUT2D eigenvalue weighted by atomic mass is 32.2. The Hall–Kier alpha value is -1.37. The van der Waals surface area contributed by atoms with E-state index in [4.69, 9.17) is 4.74 Å². The summed E-state index contributed by atoms with van der Waals surface area (Å²) in [5.41, 5.74) is 0.902. The highest BCUT2D eigenvalue weighted by Gasteiger charge is 2.31. The maximum Gasteiger partial charge on any atom is 0.282 e. The van der Waals surface area contributed by atoms with E-state index in [1.807, 2.05) is 24.3 Å². The summed E-state index contributed by atoms with van der Waals surface area (Å²) in [7, 11) is -1.83. The summed E-state index contributed by atoms with van der Waals surface area (Å²) in [6.45, 7) is 5.50. The molecule has 1 aromatic rings. The van der Waals surface area contributed by atoms with Crippen LogP contribution in [-0.4, -0.2) is 43.8 Å². The Balaban J connectivity index is 2.19. The second-order valence-corrected chi connectivity index (χ2v) is 6.98. The molecule has 116 valence electrons. The van der Waals surface area contributed by atoms with Gasteiger partial charge in [-0.05, 0) is 30.5 Å². The van der Waals surface area contributed by atoms with Crippen molar-refractivity contribution < 1.29 is 13.2 Å². The molecule has 0 amide bonds. The topological polar surface area (TPSA) is 49.9 Å². The zero-order valence-electron chi connectivity index (χ0n) is 12.4. The quantitative estimate of drug-likeness (QED) is 0.724. The van der Waals surface area contributed by atoms with Crippen LogP contribution in [0.5, 0.6) is 5.75 Å². The molecule has 6 heteroatoms. The zero-order chi connectivity index (χ0) is 15.3. The van der Waals surface area contributed by atoms with Crippen molar-refractivity contribution in [2.24, 2.45) is 0 Å². The van der Waals surface area contributed by atoms with Crippen molar-refractivity contribution in [3.8, 4) is 5.75 Å². The fraction of sp³-hybridized carbons (Fsp3) is 0.467. The van der Waals surface area contributed by atoms with E-state index in [-0.39, 0.29) is 0 Å². The molecule has 0 saturated carbocycles. The maximum absolute atomic E-state index is 12.7.